The van der Waals surface area contributed by atoms with Gasteiger partial charge in [-0.2, -0.15) is 0 Å². The first-order valence-electron chi connectivity index (χ1n) is 5.80. The molecule has 0 unspecified atom stereocenters. The third-order valence-corrected chi connectivity index (χ3v) is 2.72. The Morgan fingerprint density at radius 3 is 1.56 bits per heavy atom. The molecule has 0 aromatic heterocycles. The quantitative estimate of drug-likeness (QED) is 0.636. The van der Waals surface area contributed by atoms with Gasteiger partial charge >= 0.3 is 0 Å². The van der Waals surface area contributed by atoms with Gasteiger partial charge in [0.15, 0.2) is 0 Å². The Bertz CT molecular complexity index is 469. The van der Waals surface area contributed by atoms with E-state index in [0.717, 1.165) is 29.3 Å². The first-order valence-corrected chi connectivity index (χ1v) is 5.80. The lowest BCUT2D eigenvalue weighted by Crippen LogP contribution is -2.16. The third kappa shape index (κ3) is 2.63. The molecule has 2 rings (SSSR count). The van der Waals surface area contributed by atoms with Crippen LogP contribution in [0.4, 0.5) is 22.7 Å². The summed E-state index contributed by atoms with van der Waals surface area (Å²) in [5.41, 5.74) is 15.1. The molecule has 0 aliphatic heterocycles. The number of nitrogens with two attached hydrogens (primary N) is 2. The standard InChI is InChI=1S/C15H17N3/c1-2-11-18(14-7-3-12(16)4-8-14)15-9-5-13(17)6-10-15/h2-10H,1,11,16-17H2. The van der Waals surface area contributed by atoms with Crippen LogP contribution in [0, 0.1) is 0 Å². The van der Waals surface area contributed by atoms with Crippen molar-refractivity contribution < 1.29 is 0 Å². The Labute approximate surface area is 107 Å². The first kappa shape index (κ1) is 12.0. The number of hydrogen-bond acceptors (Lipinski definition) is 3. The average Bonchev–Trinajstić information content (AvgIpc) is 2.39. The zero-order valence-electron chi connectivity index (χ0n) is 10.2. The van der Waals surface area contributed by atoms with Gasteiger partial charge in [-0.05, 0) is 48.5 Å². The molecule has 3 heteroatoms. The minimum atomic E-state index is 0.730. The van der Waals surface area contributed by atoms with Gasteiger partial charge in [-0.1, -0.05) is 6.08 Å². The fourth-order valence-corrected chi connectivity index (χ4v) is 1.80. The van der Waals surface area contributed by atoms with E-state index in [-0.39, 0.29) is 0 Å². The van der Waals surface area contributed by atoms with Crippen molar-refractivity contribution in [1.82, 2.24) is 0 Å². The van der Waals surface area contributed by atoms with Crippen LogP contribution in [0.25, 0.3) is 0 Å². The third-order valence-electron chi connectivity index (χ3n) is 2.72. The van der Waals surface area contributed by atoms with Crippen molar-refractivity contribution in [3.63, 3.8) is 0 Å². The van der Waals surface area contributed by atoms with Crippen LogP contribution in [0.15, 0.2) is 61.2 Å². The van der Waals surface area contributed by atoms with E-state index >= 15 is 0 Å². The molecule has 18 heavy (non-hydrogen) atoms. The van der Waals surface area contributed by atoms with Crippen molar-refractivity contribution in [1.29, 1.82) is 0 Å². The second-order valence-corrected chi connectivity index (χ2v) is 4.08. The Balaban J connectivity index is 2.35. The molecule has 2 aromatic carbocycles. The van der Waals surface area contributed by atoms with Crippen LogP contribution in [-0.4, -0.2) is 6.54 Å². The van der Waals surface area contributed by atoms with E-state index in [2.05, 4.69) is 11.5 Å². The van der Waals surface area contributed by atoms with Gasteiger partial charge in [0.1, 0.15) is 0 Å². The smallest absolute Gasteiger partial charge is 0.0415 e. The second-order valence-electron chi connectivity index (χ2n) is 4.08. The molecule has 3 nitrogen and oxygen atoms in total. The summed E-state index contributed by atoms with van der Waals surface area (Å²) in [6.07, 6.45) is 1.87. The SMILES string of the molecule is C=CCN(c1ccc(N)cc1)c1ccc(N)cc1. The molecular weight excluding hydrogens is 222 g/mol. The van der Waals surface area contributed by atoms with Crippen molar-refractivity contribution in [2.24, 2.45) is 0 Å². The van der Waals surface area contributed by atoms with Gasteiger partial charge in [0.25, 0.3) is 0 Å². The van der Waals surface area contributed by atoms with E-state index in [9.17, 15) is 0 Å². The number of anilines is 4. The zero-order valence-corrected chi connectivity index (χ0v) is 10.2. The molecule has 2 aromatic rings. The molecule has 4 N–H and O–H groups in total. The molecule has 0 saturated carbocycles. The molecule has 0 amide bonds. The summed E-state index contributed by atoms with van der Waals surface area (Å²) < 4.78 is 0. The van der Waals surface area contributed by atoms with Crippen LogP contribution >= 0.6 is 0 Å². The van der Waals surface area contributed by atoms with Gasteiger partial charge in [-0.25, -0.2) is 0 Å². The molecule has 92 valence electrons. The van der Waals surface area contributed by atoms with Crippen LogP contribution in [0.5, 0.6) is 0 Å². The van der Waals surface area contributed by atoms with Crippen molar-refractivity contribution in [2.75, 3.05) is 22.9 Å². The van der Waals surface area contributed by atoms with Gasteiger partial charge in [0.05, 0.1) is 0 Å². The predicted molar refractivity (Wildman–Crippen MR) is 78.9 cm³/mol. The molecule has 0 aliphatic rings. The summed E-state index contributed by atoms with van der Waals surface area (Å²) in [6.45, 7) is 4.53. The Kier molecular flexibility index (Phi) is 3.53. The van der Waals surface area contributed by atoms with Crippen molar-refractivity contribution >= 4 is 22.7 Å². The highest BCUT2D eigenvalue weighted by Gasteiger charge is 2.07. The minimum absolute atomic E-state index is 0.730. The maximum Gasteiger partial charge on any atom is 0.0415 e. The zero-order chi connectivity index (χ0) is 13.0. The maximum atomic E-state index is 5.70. The molecule has 0 atom stereocenters. The van der Waals surface area contributed by atoms with E-state index in [4.69, 9.17) is 11.5 Å². The van der Waals surface area contributed by atoms with Gasteiger partial charge < -0.3 is 16.4 Å². The summed E-state index contributed by atoms with van der Waals surface area (Å²) in [7, 11) is 0. The number of benzene rings is 2. The van der Waals surface area contributed by atoms with Gasteiger partial charge in [0.2, 0.25) is 0 Å². The van der Waals surface area contributed by atoms with Crippen LogP contribution in [-0.2, 0) is 0 Å². The lowest BCUT2D eigenvalue weighted by molar-refractivity contribution is 1.10. The molecule has 0 fully saturated rings. The highest BCUT2D eigenvalue weighted by atomic mass is 15.1. The summed E-state index contributed by atoms with van der Waals surface area (Å²) >= 11 is 0. The maximum absolute atomic E-state index is 5.70. The van der Waals surface area contributed by atoms with Crippen molar-refractivity contribution in [2.45, 2.75) is 0 Å². The fourth-order valence-electron chi connectivity index (χ4n) is 1.80. The van der Waals surface area contributed by atoms with Crippen LogP contribution < -0.4 is 16.4 Å². The van der Waals surface area contributed by atoms with E-state index in [0.29, 0.717) is 0 Å². The summed E-state index contributed by atoms with van der Waals surface area (Å²) in [5.74, 6) is 0. The van der Waals surface area contributed by atoms with Gasteiger partial charge in [-0.15, -0.1) is 6.58 Å². The van der Waals surface area contributed by atoms with Crippen molar-refractivity contribution in [3.8, 4) is 0 Å². The number of rotatable bonds is 4. The molecule has 0 radical (unpaired) electrons. The first-order chi connectivity index (χ1) is 8.70. The largest absolute Gasteiger partial charge is 0.399 e. The molecule has 0 spiro atoms. The molecule has 0 heterocycles. The Morgan fingerprint density at radius 2 is 1.22 bits per heavy atom. The van der Waals surface area contributed by atoms with Crippen LogP contribution in [0.1, 0.15) is 0 Å². The molecular formula is C15H17N3. The number of nitrogen functional groups attached to an aromatic ring is 2. The monoisotopic (exact) mass is 239 g/mol. The summed E-state index contributed by atoms with van der Waals surface area (Å²) in [5, 5.41) is 0. The molecule has 0 aliphatic carbocycles. The summed E-state index contributed by atoms with van der Waals surface area (Å²) in [6, 6.07) is 15.5. The van der Waals surface area contributed by atoms with Gasteiger partial charge in [-0.3, -0.25) is 0 Å². The lowest BCUT2D eigenvalue weighted by atomic mass is 10.2. The minimum Gasteiger partial charge on any atom is -0.399 e. The summed E-state index contributed by atoms with van der Waals surface area (Å²) in [4.78, 5) is 2.14. The van der Waals surface area contributed by atoms with Crippen LogP contribution in [0.3, 0.4) is 0 Å². The molecule has 0 saturated heterocycles. The van der Waals surface area contributed by atoms with Crippen LogP contribution in [0.2, 0.25) is 0 Å². The average molecular weight is 239 g/mol. The van der Waals surface area contributed by atoms with E-state index < -0.39 is 0 Å². The van der Waals surface area contributed by atoms with Gasteiger partial charge in [0, 0.05) is 29.3 Å². The lowest BCUT2D eigenvalue weighted by Gasteiger charge is -2.23. The highest BCUT2D eigenvalue weighted by Crippen LogP contribution is 2.26. The highest BCUT2D eigenvalue weighted by molar-refractivity contribution is 5.66. The number of hydrogen-bond donors (Lipinski definition) is 2. The van der Waals surface area contributed by atoms with E-state index in [1.165, 1.54) is 0 Å². The second kappa shape index (κ2) is 5.27. The predicted octanol–water partition coefficient (Wildman–Crippen LogP) is 3.18. The normalized spacial score (nSPS) is 10.0. The molecule has 0 bridgehead atoms. The van der Waals surface area contributed by atoms with Crippen molar-refractivity contribution in [3.05, 3.63) is 61.2 Å². The fraction of sp³-hybridized carbons (Fsp3) is 0.0667. The van der Waals surface area contributed by atoms with E-state index in [1.54, 1.807) is 0 Å². The topological polar surface area (TPSA) is 55.3 Å². The van der Waals surface area contributed by atoms with E-state index in [1.807, 2.05) is 54.6 Å². The Hall–Kier alpha value is -2.42. The Morgan fingerprint density at radius 1 is 0.833 bits per heavy atom. The number of nitrogens with zero attached hydrogens (tertiary/aromatic N) is 1.